The van der Waals surface area contributed by atoms with Gasteiger partial charge in [-0.05, 0) is 61.6 Å². The predicted octanol–water partition coefficient (Wildman–Crippen LogP) is 12.4. The van der Waals surface area contributed by atoms with Crippen LogP contribution < -0.4 is 0 Å². The number of hydrogen-bond donors (Lipinski definition) is 0. The number of aromatic nitrogens is 3. The molecule has 0 saturated carbocycles. The number of hydrogen-bond acceptors (Lipinski definition) is 4. The molecule has 4 heteroatoms. The molecule has 0 unspecified atom stereocenters. The Morgan fingerprint density at radius 3 is 1.45 bits per heavy atom. The van der Waals surface area contributed by atoms with Crippen LogP contribution in [0.25, 0.3) is 97.8 Å². The normalized spacial score (nSPS) is 11.7. The lowest BCUT2D eigenvalue weighted by Gasteiger charge is -2.13. The number of rotatable bonds is 4. The lowest BCUT2D eigenvalue weighted by molar-refractivity contribution is 1.07. The third-order valence-electron chi connectivity index (χ3n) is 9.53. The first kappa shape index (κ1) is 27.8. The summed E-state index contributed by atoms with van der Waals surface area (Å²) >= 11 is 1.84. The zero-order valence-corrected chi connectivity index (χ0v) is 27.2. The molecule has 0 fully saturated rings. The van der Waals surface area contributed by atoms with Gasteiger partial charge in [-0.2, -0.15) is 0 Å². The molecule has 0 radical (unpaired) electrons. The van der Waals surface area contributed by atoms with Gasteiger partial charge in [0.05, 0.1) is 0 Å². The SMILES string of the molecule is c1ccc(-c2nc(-c3ccc(-c4cccc5sc6ccccc6c45)cc3)nc(-c3ccc4c5ccccc5c5ccccc5c4c3)n2)cc1. The van der Waals surface area contributed by atoms with Crippen molar-refractivity contribution < 1.29 is 0 Å². The van der Waals surface area contributed by atoms with Crippen molar-refractivity contribution in [1.29, 1.82) is 0 Å². The van der Waals surface area contributed by atoms with Crippen LogP contribution in [0.4, 0.5) is 0 Å². The van der Waals surface area contributed by atoms with E-state index in [4.69, 9.17) is 15.0 Å². The Hall–Kier alpha value is -6.23. The summed E-state index contributed by atoms with van der Waals surface area (Å²) in [7, 11) is 0. The Bertz CT molecular complexity index is 2840. The minimum absolute atomic E-state index is 0.651. The fourth-order valence-corrected chi connectivity index (χ4v) is 8.34. The third-order valence-corrected chi connectivity index (χ3v) is 10.7. The molecule has 0 atom stereocenters. The molecule has 2 heterocycles. The molecule has 228 valence electrons. The van der Waals surface area contributed by atoms with Gasteiger partial charge in [0.2, 0.25) is 0 Å². The smallest absolute Gasteiger partial charge is 0.164 e. The molecule has 10 rings (SSSR count). The van der Waals surface area contributed by atoms with Gasteiger partial charge in [0.25, 0.3) is 0 Å². The first-order chi connectivity index (χ1) is 24.3. The van der Waals surface area contributed by atoms with E-state index in [-0.39, 0.29) is 0 Å². The molecule has 0 saturated heterocycles. The molecule has 49 heavy (non-hydrogen) atoms. The second-order valence-corrected chi connectivity index (χ2v) is 13.5. The quantitative estimate of drug-likeness (QED) is 0.180. The lowest BCUT2D eigenvalue weighted by Crippen LogP contribution is -2.00. The lowest BCUT2D eigenvalue weighted by atomic mass is 9.93. The minimum Gasteiger partial charge on any atom is -0.208 e. The monoisotopic (exact) mass is 641 g/mol. The molecule has 0 bridgehead atoms. The van der Waals surface area contributed by atoms with E-state index in [1.54, 1.807) is 0 Å². The van der Waals surface area contributed by atoms with Gasteiger partial charge >= 0.3 is 0 Å². The summed E-state index contributed by atoms with van der Waals surface area (Å²) in [6.45, 7) is 0. The highest BCUT2D eigenvalue weighted by atomic mass is 32.1. The Morgan fingerprint density at radius 2 is 0.776 bits per heavy atom. The van der Waals surface area contributed by atoms with E-state index in [1.807, 2.05) is 29.5 Å². The Kier molecular flexibility index (Phi) is 6.36. The van der Waals surface area contributed by atoms with Gasteiger partial charge in [-0.25, -0.2) is 15.0 Å². The second kappa shape index (κ2) is 11.2. The molecule has 0 aliphatic rings. The van der Waals surface area contributed by atoms with Crippen molar-refractivity contribution in [2.24, 2.45) is 0 Å². The fourth-order valence-electron chi connectivity index (χ4n) is 7.21. The first-order valence-electron chi connectivity index (χ1n) is 16.4. The van der Waals surface area contributed by atoms with E-state index in [0.717, 1.165) is 16.7 Å². The molecule has 0 aliphatic carbocycles. The van der Waals surface area contributed by atoms with E-state index >= 15 is 0 Å². The van der Waals surface area contributed by atoms with Gasteiger partial charge in [0.15, 0.2) is 17.5 Å². The van der Waals surface area contributed by atoms with Crippen LogP contribution in [0.1, 0.15) is 0 Å². The highest BCUT2D eigenvalue weighted by Gasteiger charge is 2.16. The van der Waals surface area contributed by atoms with Gasteiger partial charge in [0, 0.05) is 36.9 Å². The van der Waals surface area contributed by atoms with Crippen LogP contribution in [-0.4, -0.2) is 15.0 Å². The molecular weight excluding hydrogens is 615 g/mol. The van der Waals surface area contributed by atoms with Crippen molar-refractivity contribution in [2.45, 2.75) is 0 Å². The van der Waals surface area contributed by atoms with Gasteiger partial charge in [-0.3, -0.25) is 0 Å². The number of nitrogens with zero attached hydrogens (tertiary/aromatic N) is 3. The van der Waals surface area contributed by atoms with Crippen LogP contribution in [0.3, 0.4) is 0 Å². The topological polar surface area (TPSA) is 38.7 Å². The summed E-state index contributed by atoms with van der Waals surface area (Å²) < 4.78 is 2.61. The molecule has 0 amide bonds. The van der Waals surface area contributed by atoms with Crippen LogP contribution in [0.2, 0.25) is 0 Å². The number of benzene rings is 8. The van der Waals surface area contributed by atoms with E-state index in [0.29, 0.717) is 17.5 Å². The molecule has 3 nitrogen and oxygen atoms in total. The van der Waals surface area contributed by atoms with E-state index < -0.39 is 0 Å². The van der Waals surface area contributed by atoms with Crippen LogP contribution in [0.5, 0.6) is 0 Å². The van der Waals surface area contributed by atoms with Gasteiger partial charge in [0.1, 0.15) is 0 Å². The predicted molar refractivity (Wildman–Crippen MR) is 207 cm³/mol. The standard InChI is InChI=1S/C45H27N3S/c1-2-11-29(12-3-1)43-46-44(30-23-21-28(22-24-30)32-18-10-20-41-42(32)38-17-8-9-19-40(38)49-41)48-45(47-43)31-25-26-37-35-15-5-4-13-33(35)34-14-6-7-16-36(34)39(37)27-31/h1-27H. The summed E-state index contributed by atoms with van der Waals surface area (Å²) in [5.74, 6) is 1.96. The summed E-state index contributed by atoms with van der Waals surface area (Å²) in [5.41, 5.74) is 5.27. The van der Waals surface area contributed by atoms with Crippen LogP contribution >= 0.6 is 11.3 Å². The zero-order chi connectivity index (χ0) is 32.3. The van der Waals surface area contributed by atoms with Gasteiger partial charge < -0.3 is 0 Å². The number of thiophene rings is 1. The van der Waals surface area contributed by atoms with Gasteiger partial charge in [-0.1, -0.05) is 146 Å². The van der Waals surface area contributed by atoms with Crippen molar-refractivity contribution in [2.75, 3.05) is 0 Å². The minimum atomic E-state index is 0.651. The van der Waals surface area contributed by atoms with E-state index in [2.05, 4.69) is 146 Å². The Labute approximate surface area is 286 Å². The molecule has 0 aliphatic heterocycles. The maximum absolute atomic E-state index is 5.11. The summed E-state index contributed by atoms with van der Waals surface area (Å²) in [6.07, 6.45) is 0. The van der Waals surface area contributed by atoms with Gasteiger partial charge in [-0.15, -0.1) is 11.3 Å². The average Bonchev–Trinajstić information content (AvgIpc) is 3.57. The van der Waals surface area contributed by atoms with E-state index in [9.17, 15) is 0 Å². The van der Waals surface area contributed by atoms with E-state index in [1.165, 1.54) is 63.6 Å². The number of fused-ring (bicyclic) bond motifs is 9. The molecule has 10 aromatic rings. The van der Waals surface area contributed by atoms with Crippen molar-refractivity contribution in [3.05, 3.63) is 164 Å². The maximum atomic E-state index is 5.11. The van der Waals surface area contributed by atoms with Crippen molar-refractivity contribution in [3.63, 3.8) is 0 Å². The fraction of sp³-hybridized carbons (Fsp3) is 0. The molecule has 2 aromatic heterocycles. The third kappa shape index (κ3) is 4.61. The van der Waals surface area contributed by atoms with Crippen molar-refractivity contribution in [1.82, 2.24) is 15.0 Å². The largest absolute Gasteiger partial charge is 0.208 e. The van der Waals surface area contributed by atoms with Crippen LogP contribution in [0, 0.1) is 0 Å². The van der Waals surface area contributed by atoms with Crippen molar-refractivity contribution in [3.8, 4) is 45.3 Å². The highest BCUT2D eigenvalue weighted by Crippen LogP contribution is 2.41. The first-order valence-corrected chi connectivity index (χ1v) is 17.3. The molecular formula is C45H27N3S. The second-order valence-electron chi connectivity index (χ2n) is 12.4. The summed E-state index contributed by atoms with van der Waals surface area (Å²) in [4.78, 5) is 15.2. The summed E-state index contributed by atoms with van der Waals surface area (Å²) in [5, 5.41) is 9.99. The molecule has 0 spiro atoms. The summed E-state index contributed by atoms with van der Waals surface area (Å²) in [6, 6.07) is 58.0. The van der Waals surface area contributed by atoms with Crippen LogP contribution in [-0.2, 0) is 0 Å². The van der Waals surface area contributed by atoms with Crippen LogP contribution in [0.15, 0.2) is 164 Å². The average molecular weight is 642 g/mol. The zero-order valence-electron chi connectivity index (χ0n) is 26.3. The maximum Gasteiger partial charge on any atom is 0.164 e. The Balaban J connectivity index is 1.13. The molecule has 8 aromatic carbocycles. The highest BCUT2D eigenvalue weighted by molar-refractivity contribution is 7.25. The Morgan fingerprint density at radius 1 is 0.306 bits per heavy atom. The van der Waals surface area contributed by atoms with Crippen molar-refractivity contribution >= 4 is 63.8 Å². The molecule has 0 N–H and O–H groups in total.